The van der Waals surface area contributed by atoms with Crippen molar-refractivity contribution >= 4 is 5.97 Å². The summed E-state index contributed by atoms with van der Waals surface area (Å²) in [6.07, 6.45) is -0.790. The number of hydrogen-bond donors (Lipinski definition) is 0. The lowest BCUT2D eigenvalue weighted by Gasteiger charge is -2.25. The van der Waals surface area contributed by atoms with Crippen LogP contribution in [0.15, 0.2) is 78.9 Å². The molecule has 136 valence electrons. The summed E-state index contributed by atoms with van der Waals surface area (Å²) in [5, 5.41) is 0. The molecule has 0 aromatic heterocycles. The molecule has 0 N–H and O–H groups in total. The summed E-state index contributed by atoms with van der Waals surface area (Å²) in [6, 6.07) is 24.1. The quantitative estimate of drug-likeness (QED) is 0.631. The molecule has 1 aliphatic rings. The molecule has 0 fully saturated rings. The number of fused-ring (bicyclic) bond motifs is 1. The molecule has 0 spiro atoms. The Labute approximate surface area is 157 Å². The van der Waals surface area contributed by atoms with Crippen LogP contribution < -0.4 is 14.2 Å². The van der Waals surface area contributed by atoms with Gasteiger partial charge in [-0.3, -0.25) is 0 Å². The van der Waals surface area contributed by atoms with Gasteiger partial charge in [-0.05, 0) is 30.3 Å². The molecule has 1 heterocycles. The summed E-state index contributed by atoms with van der Waals surface area (Å²) >= 11 is 0. The normalized spacial score (nSPS) is 15.0. The van der Waals surface area contributed by atoms with Crippen molar-refractivity contribution in [2.75, 3.05) is 6.61 Å². The summed E-state index contributed by atoms with van der Waals surface area (Å²) < 4.78 is 22.6. The third-order valence-corrected chi connectivity index (χ3v) is 4.09. The first kappa shape index (κ1) is 17.0. The zero-order valence-corrected chi connectivity index (χ0v) is 14.5. The Morgan fingerprint density at radius 1 is 0.889 bits per heavy atom. The topological polar surface area (TPSA) is 54.0 Å². The van der Waals surface area contributed by atoms with Gasteiger partial charge in [-0.15, -0.1) is 0 Å². The van der Waals surface area contributed by atoms with Crippen LogP contribution in [-0.4, -0.2) is 18.7 Å². The van der Waals surface area contributed by atoms with Crippen molar-refractivity contribution in [3.05, 3.63) is 84.4 Å². The molecule has 0 saturated heterocycles. The Morgan fingerprint density at radius 3 is 2.44 bits per heavy atom. The maximum absolute atomic E-state index is 12.4. The van der Waals surface area contributed by atoms with E-state index in [-0.39, 0.29) is 13.2 Å². The third kappa shape index (κ3) is 4.03. The van der Waals surface area contributed by atoms with Gasteiger partial charge >= 0.3 is 5.97 Å². The lowest BCUT2D eigenvalue weighted by molar-refractivity contribution is -0.155. The standard InChI is InChI=1S/C22H18O5/c23-22(21-15-24-19-12-6-7-13-20(19)27-21)25-14-16-8-4-5-11-18(16)26-17-9-2-1-3-10-17/h1-13,21H,14-15H2/t21-/m1/s1. The largest absolute Gasteiger partial charge is 0.485 e. The number of carbonyl (C=O) groups is 1. The molecule has 0 radical (unpaired) electrons. The lowest BCUT2D eigenvalue weighted by Crippen LogP contribution is -2.37. The van der Waals surface area contributed by atoms with E-state index in [2.05, 4.69) is 0 Å². The first-order valence-corrected chi connectivity index (χ1v) is 8.65. The highest BCUT2D eigenvalue weighted by atomic mass is 16.6. The van der Waals surface area contributed by atoms with Crippen molar-refractivity contribution in [2.45, 2.75) is 12.7 Å². The third-order valence-electron chi connectivity index (χ3n) is 4.09. The fourth-order valence-corrected chi connectivity index (χ4v) is 2.72. The minimum atomic E-state index is -0.790. The second-order valence-electron chi connectivity index (χ2n) is 5.99. The monoisotopic (exact) mass is 362 g/mol. The van der Waals surface area contributed by atoms with E-state index >= 15 is 0 Å². The molecule has 3 aromatic rings. The van der Waals surface area contributed by atoms with Crippen molar-refractivity contribution in [1.29, 1.82) is 0 Å². The lowest BCUT2D eigenvalue weighted by atomic mass is 10.2. The SMILES string of the molecule is O=C(OCc1ccccc1Oc1ccccc1)[C@H]1COc2ccccc2O1. The van der Waals surface area contributed by atoms with Crippen LogP contribution in [0.1, 0.15) is 5.56 Å². The number of rotatable bonds is 5. The van der Waals surface area contributed by atoms with Crippen LogP contribution in [-0.2, 0) is 16.1 Å². The maximum Gasteiger partial charge on any atom is 0.351 e. The molecule has 1 aliphatic heterocycles. The molecule has 0 aliphatic carbocycles. The second-order valence-corrected chi connectivity index (χ2v) is 5.99. The van der Waals surface area contributed by atoms with Crippen LogP contribution >= 0.6 is 0 Å². The molecular formula is C22H18O5. The van der Waals surface area contributed by atoms with E-state index in [4.69, 9.17) is 18.9 Å². The minimum Gasteiger partial charge on any atom is -0.485 e. The number of benzene rings is 3. The van der Waals surface area contributed by atoms with E-state index in [1.807, 2.05) is 66.7 Å². The summed E-state index contributed by atoms with van der Waals surface area (Å²) in [7, 11) is 0. The molecule has 5 nitrogen and oxygen atoms in total. The highest BCUT2D eigenvalue weighted by Crippen LogP contribution is 2.31. The highest BCUT2D eigenvalue weighted by Gasteiger charge is 2.28. The fourth-order valence-electron chi connectivity index (χ4n) is 2.72. The Balaban J connectivity index is 1.40. The highest BCUT2D eigenvalue weighted by molar-refractivity contribution is 5.76. The zero-order chi connectivity index (χ0) is 18.5. The van der Waals surface area contributed by atoms with Gasteiger partial charge in [-0.2, -0.15) is 0 Å². The Hall–Kier alpha value is -3.47. The van der Waals surface area contributed by atoms with Crippen LogP contribution in [0, 0.1) is 0 Å². The average molecular weight is 362 g/mol. The van der Waals surface area contributed by atoms with E-state index in [0.717, 1.165) is 11.3 Å². The van der Waals surface area contributed by atoms with Gasteiger partial charge in [0.1, 0.15) is 24.7 Å². The van der Waals surface area contributed by atoms with Crippen molar-refractivity contribution in [3.8, 4) is 23.0 Å². The first-order valence-electron chi connectivity index (χ1n) is 8.65. The predicted molar refractivity (Wildman–Crippen MR) is 99.1 cm³/mol. The maximum atomic E-state index is 12.4. The molecule has 27 heavy (non-hydrogen) atoms. The molecule has 0 saturated carbocycles. The molecule has 4 rings (SSSR count). The predicted octanol–water partition coefficient (Wildman–Crippen LogP) is 4.36. The Kier molecular flexibility index (Phi) is 4.92. The van der Waals surface area contributed by atoms with Crippen LogP contribution in [0.25, 0.3) is 0 Å². The van der Waals surface area contributed by atoms with E-state index in [9.17, 15) is 4.79 Å². The van der Waals surface area contributed by atoms with E-state index in [1.54, 1.807) is 12.1 Å². The van der Waals surface area contributed by atoms with Crippen LogP contribution in [0.2, 0.25) is 0 Å². The Bertz CT molecular complexity index is 923. The van der Waals surface area contributed by atoms with Crippen LogP contribution in [0.5, 0.6) is 23.0 Å². The van der Waals surface area contributed by atoms with Gasteiger partial charge in [0.15, 0.2) is 11.5 Å². The van der Waals surface area contributed by atoms with E-state index in [0.29, 0.717) is 17.2 Å². The molecule has 5 heteroatoms. The van der Waals surface area contributed by atoms with Gasteiger partial charge < -0.3 is 18.9 Å². The molecule has 0 unspecified atom stereocenters. The van der Waals surface area contributed by atoms with Gasteiger partial charge in [-0.25, -0.2) is 4.79 Å². The zero-order valence-electron chi connectivity index (χ0n) is 14.5. The van der Waals surface area contributed by atoms with Gasteiger partial charge in [0.05, 0.1) is 0 Å². The second kappa shape index (κ2) is 7.83. The molecule has 0 amide bonds. The van der Waals surface area contributed by atoms with Crippen LogP contribution in [0.4, 0.5) is 0 Å². The van der Waals surface area contributed by atoms with Gasteiger partial charge in [0.25, 0.3) is 0 Å². The van der Waals surface area contributed by atoms with E-state index in [1.165, 1.54) is 0 Å². The molecule has 0 bridgehead atoms. The summed E-state index contributed by atoms with van der Waals surface area (Å²) in [5.41, 5.74) is 0.770. The van der Waals surface area contributed by atoms with Crippen LogP contribution in [0.3, 0.4) is 0 Å². The molecule has 1 atom stereocenters. The number of esters is 1. The van der Waals surface area contributed by atoms with Gasteiger partial charge in [-0.1, -0.05) is 48.5 Å². The van der Waals surface area contributed by atoms with Gasteiger partial charge in [0, 0.05) is 5.56 Å². The first-order chi connectivity index (χ1) is 13.3. The average Bonchev–Trinajstić information content (AvgIpc) is 2.73. The number of para-hydroxylation sites is 4. The van der Waals surface area contributed by atoms with Crippen molar-refractivity contribution in [1.82, 2.24) is 0 Å². The summed E-state index contributed by atoms with van der Waals surface area (Å²) in [6.45, 7) is 0.210. The number of hydrogen-bond acceptors (Lipinski definition) is 5. The Morgan fingerprint density at radius 2 is 1.59 bits per heavy atom. The van der Waals surface area contributed by atoms with E-state index < -0.39 is 12.1 Å². The number of carbonyl (C=O) groups excluding carboxylic acids is 1. The van der Waals surface area contributed by atoms with Crippen molar-refractivity contribution < 1.29 is 23.7 Å². The van der Waals surface area contributed by atoms with Crippen molar-refractivity contribution in [3.63, 3.8) is 0 Å². The smallest absolute Gasteiger partial charge is 0.351 e. The van der Waals surface area contributed by atoms with Gasteiger partial charge in [0.2, 0.25) is 6.10 Å². The number of ether oxygens (including phenoxy) is 4. The fraction of sp³-hybridized carbons (Fsp3) is 0.136. The summed E-state index contributed by atoms with van der Waals surface area (Å²) in [4.78, 5) is 12.4. The molecular weight excluding hydrogens is 344 g/mol. The molecule has 3 aromatic carbocycles. The minimum absolute atomic E-state index is 0.0867. The summed E-state index contributed by atoms with van der Waals surface area (Å²) in [5.74, 6) is 2.06. The van der Waals surface area contributed by atoms with Crippen molar-refractivity contribution in [2.24, 2.45) is 0 Å².